The molecule has 2 N–H and O–H groups in total. The van der Waals surface area contributed by atoms with E-state index >= 15 is 0 Å². The molecule has 1 saturated heterocycles. The number of urea groups is 1. The van der Waals surface area contributed by atoms with Crippen molar-refractivity contribution in [3.8, 4) is 0 Å². The lowest BCUT2D eigenvalue weighted by Gasteiger charge is -2.33. The molecule has 4 nitrogen and oxygen atoms in total. The van der Waals surface area contributed by atoms with E-state index in [9.17, 15) is 4.79 Å². The number of hydrazine groups is 1. The Hall–Kier alpha value is -1.71. The average molecular weight is 191 g/mol. The number of nitrogens with zero attached hydrogens (tertiary/aromatic N) is 1. The molecule has 1 fully saturated rings. The Bertz CT molecular complexity index is 325. The highest BCUT2D eigenvalue weighted by Crippen LogP contribution is 2.12. The topological polar surface area (TPSA) is 44.4 Å². The molecule has 74 valence electrons. The quantitative estimate of drug-likeness (QED) is 0.698. The molecule has 4 heteroatoms. The van der Waals surface area contributed by atoms with Crippen molar-refractivity contribution < 1.29 is 4.79 Å². The Morgan fingerprint density at radius 1 is 1.36 bits per heavy atom. The molecule has 0 aromatic heterocycles. The van der Waals surface area contributed by atoms with Gasteiger partial charge in [-0.15, -0.1) is 0 Å². The zero-order chi connectivity index (χ0) is 9.97. The van der Waals surface area contributed by atoms with Crippen LogP contribution in [0.1, 0.15) is 6.92 Å². The van der Waals surface area contributed by atoms with E-state index in [1.807, 2.05) is 42.3 Å². The average Bonchev–Trinajstić information content (AvgIpc) is 2.18. The normalized spacial score (nSPS) is 21.4. The molecular weight excluding hydrogens is 178 g/mol. The second-order valence-corrected chi connectivity index (χ2v) is 3.43. The summed E-state index contributed by atoms with van der Waals surface area (Å²) in [6.07, 6.45) is 0. The zero-order valence-electron chi connectivity index (χ0n) is 8.03. The lowest BCUT2D eigenvalue weighted by Crippen LogP contribution is -2.60. The maximum atomic E-state index is 11.2. The monoisotopic (exact) mass is 191 g/mol. The van der Waals surface area contributed by atoms with Gasteiger partial charge in [0.05, 0.1) is 12.2 Å². The molecule has 1 atom stereocenters. The van der Waals surface area contributed by atoms with Crippen LogP contribution in [0.4, 0.5) is 10.5 Å². The van der Waals surface area contributed by atoms with Gasteiger partial charge in [0.25, 0.3) is 0 Å². The van der Waals surface area contributed by atoms with Crippen molar-refractivity contribution in [2.24, 2.45) is 0 Å². The van der Waals surface area contributed by atoms with Crippen LogP contribution in [-0.2, 0) is 0 Å². The van der Waals surface area contributed by atoms with Crippen molar-refractivity contribution >= 4 is 11.7 Å². The molecule has 2 rings (SSSR count). The van der Waals surface area contributed by atoms with Gasteiger partial charge in [0.2, 0.25) is 0 Å². The molecule has 2 amide bonds. The van der Waals surface area contributed by atoms with E-state index in [0.717, 1.165) is 12.2 Å². The van der Waals surface area contributed by atoms with Gasteiger partial charge in [-0.05, 0) is 19.1 Å². The van der Waals surface area contributed by atoms with E-state index in [-0.39, 0.29) is 12.1 Å². The number of benzene rings is 1. The van der Waals surface area contributed by atoms with Crippen molar-refractivity contribution in [3.63, 3.8) is 0 Å². The van der Waals surface area contributed by atoms with Crippen molar-refractivity contribution in [1.82, 2.24) is 10.7 Å². The Morgan fingerprint density at radius 2 is 2.07 bits per heavy atom. The number of hydrogen-bond acceptors (Lipinski definition) is 2. The fourth-order valence-corrected chi connectivity index (χ4v) is 1.52. The maximum Gasteiger partial charge on any atom is 0.333 e. The maximum absolute atomic E-state index is 11.2. The van der Waals surface area contributed by atoms with Gasteiger partial charge in [-0.1, -0.05) is 18.2 Å². The Balaban J connectivity index is 2.15. The van der Waals surface area contributed by atoms with Crippen molar-refractivity contribution in [2.75, 3.05) is 11.6 Å². The number of carbonyl (C=O) groups is 1. The van der Waals surface area contributed by atoms with Crippen LogP contribution in [0.25, 0.3) is 0 Å². The largest absolute Gasteiger partial charge is 0.333 e. The van der Waals surface area contributed by atoms with Crippen LogP contribution in [0.3, 0.4) is 0 Å². The molecule has 1 aromatic carbocycles. The van der Waals surface area contributed by atoms with E-state index in [1.54, 1.807) is 0 Å². The van der Waals surface area contributed by atoms with Crippen LogP contribution in [-0.4, -0.2) is 18.6 Å². The third-order valence-electron chi connectivity index (χ3n) is 2.14. The summed E-state index contributed by atoms with van der Waals surface area (Å²) >= 11 is 0. The first-order chi connectivity index (χ1) is 6.75. The number of rotatable bonds is 1. The predicted octanol–water partition coefficient (Wildman–Crippen LogP) is 1.11. The van der Waals surface area contributed by atoms with Crippen LogP contribution in [0.5, 0.6) is 0 Å². The third-order valence-corrected chi connectivity index (χ3v) is 2.14. The second kappa shape index (κ2) is 3.57. The molecule has 0 radical (unpaired) electrons. The smallest absolute Gasteiger partial charge is 0.332 e. The van der Waals surface area contributed by atoms with Crippen molar-refractivity contribution in [3.05, 3.63) is 30.3 Å². The molecule has 1 aromatic rings. The molecule has 1 aliphatic heterocycles. The van der Waals surface area contributed by atoms with E-state index in [0.29, 0.717) is 0 Å². The second-order valence-electron chi connectivity index (χ2n) is 3.43. The molecule has 1 aliphatic rings. The highest BCUT2D eigenvalue weighted by atomic mass is 16.2. The van der Waals surface area contributed by atoms with Crippen molar-refractivity contribution in [2.45, 2.75) is 13.0 Å². The number of anilines is 1. The molecule has 0 bridgehead atoms. The van der Waals surface area contributed by atoms with Gasteiger partial charge < -0.3 is 5.32 Å². The fourth-order valence-electron chi connectivity index (χ4n) is 1.52. The zero-order valence-corrected chi connectivity index (χ0v) is 8.03. The summed E-state index contributed by atoms with van der Waals surface area (Å²) in [4.78, 5) is 11.2. The lowest BCUT2D eigenvalue weighted by atomic mass is 10.2. The van der Waals surface area contributed by atoms with E-state index < -0.39 is 0 Å². The summed E-state index contributed by atoms with van der Waals surface area (Å²) in [7, 11) is 0. The van der Waals surface area contributed by atoms with Gasteiger partial charge in [0, 0.05) is 6.04 Å². The number of hydrogen-bond donors (Lipinski definition) is 2. The SMILES string of the molecule is C[C@@H]1CN(c2ccccc2)NC(=O)N1. The van der Waals surface area contributed by atoms with Crippen LogP contribution in [0.15, 0.2) is 30.3 Å². The van der Waals surface area contributed by atoms with Gasteiger partial charge in [-0.25, -0.2) is 10.2 Å². The van der Waals surface area contributed by atoms with Gasteiger partial charge in [0.15, 0.2) is 0 Å². The number of nitrogens with one attached hydrogen (secondary N) is 2. The first-order valence-corrected chi connectivity index (χ1v) is 4.65. The standard InChI is InChI=1S/C10H13N3O/c1-8-7-13(12-10(14)11-8)9-5-3-2-4-6-9/h2-6,8H,7H2,1H3,(H2,11,12,14)/t8-/m1/s1. The highest BCUT2D eigenvalue weighted by molar-refractivity contribution is 5.77. The molecule has 0 unspecified atom stereocenters. The van der Waals surface area contributed by atoms with Gasteiger partial charge in [0.1, 0.15) is 0 Å². The molecule has 0 spiro atoms. The number of carbonyl (C=O) groups excluding carboxylic acids is 1. The lowest BCUT2D eigenvalue weighted by molar-refractivity contribution is 0.230. The molecule has 1 heterocycles. The number of para-hydroxylation sites is 1. The van der Waals surface area contributed by atoms with Gasteiger partial charge in [-0.3, -0.25) is 5.01 Å². The van der Waals surface area contributed by atoms with Gasteiger partial charge >= 0.3 is 6.03 Å². The molecular formula is C10H13N3O. The minimum atomic E-state index is -0.146. The van der Waals surface area contributed by atoms with Gasteiger partial charge in [-0.2, -0.15) is 0 Å². The fraction of sp³-hybridized carbons (Fsp3) is 0.300. The summed E-state index contributed by atoms with van der Waals surface area (Å²) in [5, 5.41) is 4.64. The van der Waals surface area contributed by atoms with Crippen molar-refractivity contribution in [1.29, 1.82) is 0 Å². The first kappa shape index (κ1) is 8.87. The minimum absolute atomic E-state index is 0.146. The highest BCUT2D eigenvalue weighted by Gasteiger charge is 2.20. The first-order valence-electron chi connectivity index (χ1n) is 4.65. The van der Waals surface area contributed by atoms with Crippen LogP contribution < -0.4 is 15.8 Å². The summed E-state index contributed by atoms with van der Waals surface area (Å²) < 4.78 is 0. The molecule has 0 saturated carbocycles. The third kappa shape index (κ3) is 1.79. The van der Waals surface area contributed by atoms with Crippen LogP contribution >= 0.6 is 0 Å². The summed E-state index contributed by atoms with van der Waals surface area (Å²) in [6.45, 7) is 2.75. The van der Waals surface area contributed by atoms with Crippen LogP contribution in [0, 0.1) is 0 Å². The summed E-state index contributed by atoms with van der Waals surface area (Å²) in [6, 6.07) is 9.83. The Kier molecular flexibility index (Phi) is 2.26. The number of amides is 2. The summed E-state index contributed by atoms with van der Waals surface area (Å²) in [5.74, 6) is 0. The minimum Gasteiger partial charge on any atom is -0.332 e. The van der Waals surface area contributed by atoms with Crippen LogP contribution in [0.2, 0.25) is 0 Å². The van der Waals surface area contributed by atoms with E-state index in [1.165, 1.54) is 0 Å². The molecule has 0 aliphatic carbocycles. The Labute approximate surface area is 82.9 Å². The summed E-state index contributed by atoms with van der Waals surface area (Å²) in [5.41, 5.74) is 3.75. The Morgan fingerprint density at radius 3 is 2.71 bits per heavy atom. The predicted molar refractivity (Wildman–Crippen MR) is 54.9 cm³/mol. The molecule has 14 heavy (non-hydrogen) atoms. The van der Waals surface area contributed by atoms with E-state index in [2.05, 4.69) is 10.7 Å². The van der Waals surface area contributed by atoms with E-state index in [4.69, 9.17) is 0 Å².